The molecule has 0 N–H and O–H groups in total. The molecule has 0 fully saturated rings. The van der Waals surface area contributed by atoms with Crippen molar-refractivity contribution >= 4 is 17.1 Å². The molecule has 0 unspecified atom stereocenters. The summed E-state index contributed by atoms with van der Waals surface area (Å²) in [6, 6.07) is 8.16. The highest BCUT2D eigenvalue weighted by atomic mass is 32.1. The van der Waals surface area contributed by atoms with Crippen molar-refractivity contribution in [2.24, 2.45) is 0 Å². The van der Waals surface area contributed by atoms with Crippen molar-refractivity contribution in [1.82, 2.24) is 0 Å². The molecule has 0 amide bonds. The fourth-order valence-electron chi connectivity index (χ4n) is 2.17. The summed E-state index contributed by atoms with van der Waals surface area (Å²) in [7, 11) is 0. The van der Waals surface area contributed by atoms with Gasteiger partial charge in [-0.25, -0.2) is 0 Å². The summed E-state index contributed by atoms with van der Waals surface area (Å²) in [5.41, 5.74) is 4.09. The zero-order valence-corrected chi connectivity index (χ0v) is 12.8. The van der Waals surface area contributed by atoms with Crippen LogP contribution in [-0.2, 0) is 0 Å². The molecule has 2 rings (SSSR count). The molecule has 0 saturated heterocycles. The van der Waals surface area contributed by atoms with Crippen LogP contribution in [0.2, 0.25) is 0 Å². The summed E-state index contributed by atoms with van der Waals surface area (Å²) in [5.74, 6) is 0.986. The first-order valence-corrected chi connectivity index (χ1v) is 7.65. The lowest BCUT2D eigenvalue weighted by atomic mass is 9.89. The van der Waals surface area contributed by atoms with E-state index in [-0.39, 0.29) is 5.78 Å². The molecule has 1 nitrogen and oxygen atoms in total. The minimum absolute atomic E-state index is 0.139. The van der Waals surface area contributed by atoms with Gasteiger partial charge in [0.05, 0.1) is 0 Å². The van der Waals surface area contributed by atoms with Gasteiger partial charge in [-0.3, -0.25) is 4.79 Å². The third-order valence-corrected chi connectivity index (χ3v) is 4.08. The first-order chi connectivity index (χ1) is 9.00. The molecule has 0 atom stereocenters. The molecule has 0 bridgehead atoms. The van der Waals surface area contributed by atoms with Crippen molar-refractivity contribution in [3.8, 4) is 0 Å². The number of carbonyl (C=O) groups excluding carboxylic acids is 1. The van der Waals surface area contributed by atoms with Gasteiger partial charge in [0.1, 0.15) is 0 Å². The van der Waals surface area contributed by atoms with E-state index < -0.39 is 0 Å². The van der Waals surface area contributed by atoms with Crippen LogP contribution in [0.25, 0.3) is 0 Å². The first-order valence-electron chi connectivity index (χ1n) is 6.71. The predicted molar refractivity (Wildman–Crippen MR) is 82.4 cm³/mol. The van der Waals surface area contributed by atoms with Crippen molar-refractivity contribution in [2.45, 2.75) is 39.5 Å². The van der Waals surface area contributed by atoms with E-state index in [0.29, 0.717) is 11.8 Å². The molecule has 0 aliphatic heterocycles. The Morgan fingerprint density at radius 3 is 2.32 bits per heavy atom. The van der Waals surface area contributed by atoms with E-state index in [1.165, 1.54) is 5.56 Å². The summed E-state index contributed by atoms with van der Waals surface area (Å²) >= 11 is 1.56. The Labute approximate surface area is 119 Å². The van der Waals surface area contributed by atoms with Crippen molar-refractivity contribution in [2.75, 3.05) is 0 Å². The Balaban J connectivity index is 2.48. The van der Waals surface area contributed by atoms with Crippen LogP contribution in [0, 0.1) is 0 Å². The van der Waals surface area contributed by atoms with Gasteiger partial charge in [0.15, 0.2) is 5.78 Å². The Hall–Kier alpha value is -1.41. The molecule has 2 aromatic rings. The van der Waals surface area contributed by atoms with Crippen LogP contribution >= 0.6 is 11.3 Å². The molecular weight excluding hydrogens is 252 g/mol. The summed E-state index contributed by atoms with van der Waals surface area (Å²) in [6.45, 7) is 8.65. The molecule has 2 heteroatoms. The van der Waals surface area contributed by atoms with Crippen molar-refractivity contribution in [3.05, 3.63) is 57.3 Å². The van der Waals surface area contributed by atoms with E-state index in [0.717, 1.165) is 16.7 Å². The van der Waals surface area contributed by atoms with Gasteiger partial charge in [0.2, 0.25) is 0 Å². The maximum absolute atomic E-state index is 12.5. The number of thiophene rings is 1. The summed E-state index contributed by atoms with van der Waals surface area (Å²) in [6.07, 6.45) is 0. The van der Waals surface area contributed by atoms with Crippen LogP contribution in [0.1, 0.15) is 66.6 Å². The van der Waals surface area contributed by atoms with Gasteiger partial charge < -0.3 is 0 Å². The largest absolute Gasteiger partial charge is 0.289 e. The highest BCUT2D eigenvalue weighted by Crippen LogP contribution is 2.27. The number of rotatable bonds is 4. The van der Waals surface area contributed by atoms with Crippen LogP contribution in [-0.4, -0.2) is 5.78 Å². The highest BCUT2D eigenvalue weighted by Gasteiger charge is 2.17. The normalized spacial score (nSPS) is 11.3. The second kappa shape index (κ2) is 5.70. The fourth-order valence-corrected chi connectivity index (χ4v) is 2.81. The van der Waals surface area contributed by atoms with E-state index >= 15 is 0 Å². The van der Waals surface area contributed by atoms with Crippen LogP contribution in [0.3, 0.4) is 0 Å². The van der Waals surface area contributed by atoms with Gasteiger partial charge >= 0.3 is 0 Å². The maximum Gasteiger partial charge on any atom is 0.194 e. The van der Waals surface area contributed by atoms with Crippen LogP contribution in [0.5, 0.6) is 0 Å². The number of hydrogen-bond donors (Lipinski definition) is 0. The van der Waals surface area contributed by atoms with Crippen molar-refractivity contribution in [3.63, 3.8) is 0 Å². The van der Waals surface area contributed by atoms with Gasteiger partial charge in [-0.2, -0.15) is 11.3 Å². The molecule has 1 aromatic carbocycles. The minimum atomic E-state index is 0.139. The van der Waals surface area contributed by atoms with Gasteiger partial charge in [-0.1, -0.05) is 45.9 Å². The van der Waals surface area contributed by atoms with Crippen LogP contribution in [0.4, 0.5) is 0 Å². The van der Waals surface area contributed by atoms with E-state index in [1.54, 1.807) is 11.3 Å². The Kier molecular flexibility index (Phi) is 4.20. The third-order valence-electron chi connectivity index (χ3n) is 3.39. The number of benzene rings is 1. The molecule has 19 heavy (non-hydrogen) atoms. The third kappa shape index (κ3) is 2.95. The molecule has 0 saturated carbocycles. The second-order valence-electron chi connectivity index (χ2n) is 5.50. The molecule has 0 aliphatic rings. The van der Waals surface area contributed by atoms with Gasteiger partial charge in [0, 0.05) is 16.5 Å². The Bertz CT molecular complexity index is 565. The van der Waals surface area contributed by atoms with Crippen molar-refractivity contribution < 1.29 is 4.79 Å². The molecule has 0 spiro atoms. The van der Waals surface area contributed by atoms with Gasteiger partial charge in [-0.05, 0) is 34.4 Å². The summed E-state index contributed by atoms with van der Waals surface area (Å²) in [5, 5.41) is 3.87. The Morgan fingerprint density at radius 2 is 1.79 bits per heavy atom. The zero-order valence-electron chi connectivity index (χ0n) is 11.9. The maximum atomic E-state index is 12.5. The second-order valence-corrected chi connectivity index (χ2v) is 6.28. The van der Waals surface area contributed by atoms with Crippen LogP contribution < -0.4 is 0 Å². The van der Waals surface area contributed by atoms with E-state index in [9.17, 15) is 4.79 Å². The number of carbonyl (C=O) groups is 1. The summed E-state index contributed by atoms with van der Waals surface area (Å²) in [4.78, 5) is 12.5. The monoisotopic (exact) mass is 272 g/mol. The Morgan fingerprint density at radius 1 is 1.05 bits per heavy atom. The fraction of sp³-hybridized carbons (Fsp3) is 0.353. The van der Waals surface area contributed by atoms with E-state index in [4.69, 9.17) is 0 Å². The molecule has 100 valence electrons. The molecular formula is C17H20OS. The van der Waals surface area contributed by atoms with E-state index in [1.807, 2.05) is 22.9 Å². The SMILES string of the molecule is CC(C)c1ccc(C(=O)c2ccsc2)c(C(C)C)c1. The zero-order chi connectivity index (χ0) is 14.0. The number of hydrogen-bond acceptors (Lipinski definition) is 2. The summed E-state index contributed by atoms with van der Waals surface area (Å²) < 4.78 is 0. The van der Waals surface area contributed by atoms with E-state index in [2.05, 4.69) is 39.8 Å². The molecule has 0 radical (unpaired) electrons. The topological polar surface area (TPSA) is 17.1 Å². The first kappa shape index (κ1) is 14.0. The lowest BCUT2D eigenvalue weighted by molar-refractivity contribution is 0.103. The standard InChI is InChI=1S/C17H20OS/c1-11(2)13-5-6-15(16(9-13)12(3)4)17(18)14-7-8-19-10-14/h5-12H,1-4H3. The smallest absolute Gasteiger partial charge is 0.194 e. The van der Waals surface area contributed by atoms with Gasteiger partial charge in [-0.15, -0.1) is 0 Å². The van der Waals surface area contributed by atoms with Crippen LogP contribution in [0.15, 0.2) is 35.0 Å². The lowest BCUT2D eigenvalue weighted by Gasteiger charge is -2.15. The quantitative estimate of drug-likeness (QED) is 0.697. The molecule has 0 aliphatic carbocycles. The average molecular weight is 272 g/mol. The highest BCUT2D eigenvalue weighted by molar-refractivity contribution is 7.08. The van der Waals surface area contributed by atoms with Gasteiger partial charge in [0.25, 0.3) is 0 Å². The minimum Gasteiger partial charge on any atom is -0.289 e. The lowest BCUT2D eigenvalue weighted by Crippen LogP contribution is -2.07. The average Bonchev–Trinajstić information content (AvgIpc) is 2.90. The number of ketones is 1. The molecule has 1 heterocycles. The van der Waals surface area contributed by atoms with Crippen molar-refractivity contribution in [1.29, 1.82) is 0 Å². The molecule has 1 aromatic heterocycles. The predicted octanol–water partition coefficient (Wildman–Crippen LogP) is 5.23.